The second-order valence-corrected chi connectivity index (χ2v) is 6.51. The van der Waals surface area contributed by atoms with Gasteiger partial charge in [0.05, 0.1) is 17.6 Å². The summed E-state index contributed by atoms with van der Waals surface area (Å²) in [5, 5.41) is 2.75. The third kappa shape index (κ3) is 4.08. The molecule has 0 aliphatic carbocycles. The van der Waals surface area contributed by atoms with E-state index in [1.807, 2.05) is 0 Å². The molecule has 8 heteroatoms. The molecule has 2 rings (SSSR count). The SMILES string of the molecule is COC(=O)c1c(NC(=O)[C@H](C)Oc2ccccc2F)sc(C(C)=O)c1C. The lowest BCUT2D eigenvalue weighted by Gasteiger charge is -2.15. The topological polar surface area (TPSA) is 81.7 Å². The first-order valence-electron chi connectivity index (χ1n) is 7.71. The van der Waals surface area contributed by atoms with Gasteiger partial charge < -0.3 is 14.8 Å². The van der Waals surface area contributed by atoms with Crippen molar-refractivity contribution >= 4 is 34.0 Å². The van der Waals surface area contributed by atoms with E-state index in [9.17, 15) is 18.8 Å². The van der Waals surface area contributed by atoms with Crippen molar-refractivity contribution in [1.29, 1.82) is 0 Å². The van der Waals surface area contributed by atoms with Crippen LogP contribution in [0.4, 0.5) is 9.39 Å². The molecule has 1 amide bonds. The Bertz CT molecular complexity index is 861. The van der Waals surface area contributed by atoms with Crippen molar-refractivity contribution in [3.8, 4) is 5.75 Å². The van der Waals surface area contributed by atoms with Crippen LogP contribution in [0.25, 0.3) is 0 Å². The Morgan fingerprint density at radius 2 is 1.88 bits per heavy atom. The summed E-state index contributed by atoms with van der Waals surface area (Å²) in [5.74, 6) is -2.13. The number of carbonyl (C=O) groups excluding carboxylic acids is 3. The van der Waals surface area contributed by atoms with Gasteiger partial charge in [-0.3, -0.25) is 9.59 Å². The highest BCUT2D eigenvalue weighted by molar-refractivity contribution is 7.18. The van der Waals surface area contributed by atoms with Crippen LogP contribution < -0.4 is 10.1 Å². The lowest BCUT2D eigenvalue weighted by Crippen LogP contribution is -2.30. The average Bonchev–Trinajstić information content (AvgIpc) is 2.92. The van der Waals surface area contributed by atoms with Crippen molar-refractivity contribution in [1.82, 2.24) is 0 Å². The molecule has 0 spiro atoms. The van der Waals surface area contributed by atoms with Crippen LogP contribution in [0.15, 0.2) is 24.3 Å². The van der Waals surface area contributed by atoms with E-state index in [0.29, 0.717) is 10.4 Å². The quantitative estimate of drug-likeness (QED) is 0.613. The highest BCUT2D eigenvalue weighted by Gasteiger charge is 2.26. The van der Waals surface area contributed by atoms with Gasteiger partial charge in [0.15, 0.2) is 23.5 Å². The Balaban J connectivity index is 2.25. The third-order valence-corrected chi connectivity index (χ3v) is 4.91. The molecule has 0 fully saturated rings. The zero-order chi connectivity index (χ0) is 19.4. The number of amides is 1. The number of thiophene rings is 1. The van der Waals surface area contributed by atoms with Crippen LogP contribution in [0.1, 0.15) is 39.4 Å². The molecule has 0 saturated carbocycles. The van der Waals surface area contributed by atoms with Crippen LogP contribution in [0.2, 0.25) is 0 Å². The van der Waals surface area contributed by atoms with Crippen LogP contribution in [0.5, 0.6) is 5.75 Å². The summed E-state index contributed by atoms with van der Waals surface area (Å²) in [5.41, 5.74) is 0.557. The first-order chi connectivity index (χ1) is 12.3. The number of rotatable bonds is 6. The van der Waals surface area contributed by atoms with Gasteiger partial charge in [-0.25, -0.2) is 9.18 Å². The Kier molecular flexibility index (Phi) is 6.10. The van der Waals surface area contributed by atoms with Crippen molar-refractivity contribution in [3.63, 3.8) is 0 Å². The summed E-state index contributed by atoms with van der Waals surface area (Å²) >= 11 is 0.981. The molecule has 0 unspecified atom stereocenters. The monoisotopic (exact) mass is 379 g/mol. The number of Topliss-reactive ketones (excluding diaryl/α,β-unsaturated/α-hetero) is 1. The van der Waals surface area contributed by atoms with E-state index in [1.165, 1.54) is 39.2 Å². The largest absolute Gasteiger partial charge is 0.478 e. The number of nitrogens with one attached hydrogen (secondary N) is 1. The molecule has 1 atom stereocenters. The molecule has 2 aromatic rings. The molecule has 0 aliphatic rings. The minimum atomic E-state index is -1.03. The van der Waals surface area contributed by atoms with E-state index >= 15 is 0 Å². The Labute approximate surface area is 153 Å². The summed E-state index contributed by atoms with van der Waals surface area (Å²) in [7, 11) is 1.21. The van der Waals surface area contributed by atoms with Crippen molar-refractivity contribution in [2.24, 2.45) is 0 Å². The van der Waals surface area contributed by atoms with E-state index in [0.717, 1.165) is 11.3 Å². The maximum atomic E-state index is 13.6. The van der Waals surface area contributed by atoms with Gasteiger partial charge >= 0.3 is 5.97 Å². The van der Waals surface area contributed by atoms with Gasteiger partial charge in [-0.15, -0.1) is 11.3 Å². The number of esters is 1. The number of anilines is 1. The van der Waals surface area contributed by atoms with Crippen molar-refractivity contribution in [3.05, 3.63) is 46.1 Å². The van der Waals surface area contributed by atoms with E-state index in [-0.39, 0.29) is 22.1 Å². The van der Waals surface area contributed by atoms with Crippen LogP contribution in [-0.2, 0) is 9.53 Å². The normalized spacial score (nSPS) is 11.6. The predicted molar refractivity (Wildman–Crippen MR) is 95.5 cm³/mol. The van der Waals surface area contributed by atoms with Gasteiger partial charge in [-0.2, -0.15) is 0 Å². The summed E-state index contributed by atoms with van der Waals surface area (Å²) in [6, 6.07) is 5.71. The minimum absolute atomic E-state index is 0.0601. The molecule has 1 aromatic carbocycles. The summed E-state index contributed by atoms with van der Waals surface area (Å²) in [6.45, 7) is 4.43. The number of benzene rings is 1. The number of para-hydroxylation sites is 1. The molecule has 0 saturated heterocycles. The van der Waals surface area contributed by atoms with Gasteiger partial charge in [0.25, 0.3) is 5.91 Å². The summed E-state index contributed by atoms with van der Waals surface area (Å²) in [4.78, 5) is 36.5. The first-order valence-corrected chi connectivity index (χ1v) is 8.52. The maximum Gasteiger partial charge on any atom is 0.341 e. The van der Waals surface area contributed by atoms with E-state index in [2.05, 4.69) is 5.32 Å². The van der Waals surface area contributed by atoms with E-state index in [1.54, 1.807) is 13.0 Å². The molecule has 0 radical (unpaired) electrons. The molecule has 1 aromatic heterocycles. The molecule has 0 aliphatic heterocycles. The number of methoxy groups -OCH3 is 1. The molecule has 138 valence electrons. The third-order valence-electron chi connectivity index (χ3n) is 3.60. The molecule has 1 N–H and O–H groups in total. The smallest absolute Gasteiger partial charge is 0.341 e. The second-order valence-electron chi connectivity index (χ2n) is 5.49. The van der Waals surface area contributed by atoms with Gasteiger partial charge in [0.1, 0.15) is 5.00 Å². The molecule has 0 bridgehead atoms. The molecule has 6 nitrogen and oxygen atoms in total. The van der Waals surface area contributed by atoms with Crippen LogP contribution in [0, 0.1) is 12.7 Å². The number of ether oxygens (including phenoxy) is 2. The lowest BCUT2D eigenvalue weighted by molar-refractivity contribution is -0.122. The number of halogens is 1. The molecule has 26 heavy (non-hydrogen) atoms. The number of hydrogen-bond acceptors (Lipinski definition) is 6. The highest BCUT2D eigenvalue weighted by Crippen LogP contribution is 2.34. The van der Waals surface area contributed by atoms with Crippen molar-refractivity contribution in [2.75, 3.05) is 12.4 Å². The highest BCUT2D eigenvalue weighted by atomic mass is 32.1. The number of ketones is 1. The second kappa shape index (κ2) is 8.09. The predicted octanol–water partition coefficient (Wildman–Crippen LogP) is 3.59. The van der Waals surface area contributed by atoms with Gasteiger partial charge in [0.2, 0.25) is 0 Å². The summed E-state index contributed by atoms with van der Waals surface area (Å²) < 4.78 is 23.7. The Hall–Kier alpha value is -2.74. The summed E-state index contributed by atoms with van der Waals surface area (Å²) in [6.07, 6.45) is -1.03. The van der Waals surface area contributed by atoms with Crippen molar-refractivity contribution < 1.29 is 28.2 Å². The Morgan fingerprint density at radius 3 is 2.46 bits per heavy atom. The molecular formula is C18H18FNO5S. The Morgan fingerprint density at radius 1 is 1.23 bits per heavy atom. The zero-order valence-corrected chi connectivity index (χ0v) is 15.5. The fourth-order valence-electron chi connectivity index (χ4n) is 2.28. The van der Waals surface area contributed by atoms with Gasteiger partial charge in [0, 0.05) is 0 Å². The van der Waals surface area contributed by atoms with Gasteiger partial charge in [-0.05, 0) is 38.5 Å². The zero-order valence-electron chi connectivity index (χ0n) is 14.7. The standard InChI is InChI=1S/C18H18FNO5S/c1-9-14(18(23)24-4)17(26-15(9)10(2)21)20-16(22)11(3)25-13-8-6-5-7-12(13)19/h5-8,11H,1-4H3,(H,20,22)/t11-/m0/s1. The fourth-order valence-corrected chi connectivity index (χ4v) is 3.38. The van der Waals surface area contributed by atoms with Crippen LogP contribution in [0.3, 0.4) is 0 Å². The van der Waals surface area contributed by atoms with Crippen molar-refractivity contribution in [2.45, 2.75) is 26.9 Å². The fraction of sp³-hybridized carbons (Fsp3) is 0.278. The van der Waals surface area contributed by atoms with Crippen LogP contribution in [-0.4, -0.2) is 30.9 Å². The maximum absolute atomic E-state index is 13.6. The minimum Gasteiger partial charge on any atom is -0.478 e. The first kappa shape index (κ1) is 19.6. The van der Waals surface area contributed by atoms with Crippen LogP contribution >= 0.6 is 11.3 Å². The average molecular weight is 379 g/mol. The molecule has 1 heterocycles. The lowest BCUT2D eigenvalue weighted by atomic mass is 10.1. The van der Waals surface area contributed by atoms with E-state index < -0.39 is 23.8 Å². The molecular weight excluding hydrogens is 361 g/mol. The number of hydrogen-bond donors (Lipinski definition) is 1. The van der Waals surface area contributed by atoms with Gasteiger partial charge in [-0.1, -0.05) is 12.1 Å². The van der Waals surface area contributed by atoms with E-state index in [4.69, 9.17) is 9.47 Å². The number of carbonyl (C=O) groups is 3.